The lowest BCUT2D eigenvalue weighted by Crippen LogP contribution is -2.26. The first-order valence-corrected chi connectivity index (χ1v) is 6.94. The zero-order chi connectivity index (χ0) is 18.4. The lowest BCUT2D eigenvalue weighted by atomic mass is 10.2. The third-order valence-electron chi connectivity index (χ3n) is 3.00. The highest BCUT2D eigenvalue weighted by Crippen LogP contribution is 2.30. The van der Waals surface area contributed by atoms with Gasteiger partial charge in [0.2, 0.25) is 0 Å². The van der Waals surface area contributed by atoms with Gasteiger partial charge in [0.15, 0.2) is 0 Å². The largest absolute Gasteiger partial charge is 0.416 e. The monoisotopic (exact) mass is 357 g/mol. The lowest BCUT2D eigenvalue weighted by Gasteiger charge is -2.10. The number of hydrogen-bond acceptors (Lipinski definition) is 3. The molecular weight excluding hydrogens is 345 g/mol. The van der Waals surface area contributed by atoms with E-state index in [2.05, 4.69) is 15.8 Å². The molecular formula is C16H12F5N3O. The molecule has 2 N–H and O–H groups in total. The molecule has 0 saturated heterocycles. The molecule has 0 aliphatic rings. The molecule has 0 spiro atoms. The van der Waals surface area contributed by atoms with Crippen LogP contribution in [-0.2, 0) is 11.0 Å². The lowest BCUT2D eigenvalue weighted by molar-refractivity contribution is -0.137. The van der Waals surface area contributed by atoms with Gasteiger partial charge in [-0.3, -0.25) is 4.79 Å². The zero-order valence-electron chi connectivity index (χ0n) is 12.6. The standard InChI is InChI=1S/C16H12F5N3O/c17-12-5-4-10(14(18)7-12)8-23-24-15(25)9-22-13-3-1-2-11(6-13)16(19,20)21/h1-8,22H,9H2,(H,24,25)/b23-8-. The molecule has 0 atom stereocenters. The van der Waals surface area contributed by atoms with Gasteiger partial charge in [-0.05, 0) is 30.3 Å². The molecule has 0 fully saturated rings. The second-order valence-corrected chi connectivity index (χ2v) is 4.89. The number of carbonyl (C=O) groups excluding carboxylic acids is 1. The van der Waals surface area contributed by atoms with Gasteiger partial charge in [0.05, 0.1) is 18.3 Å². The first-order chi connectivity index (χ1) is 11.8. The molecule has 4 nitrogen and oxygen atoms in total. The summed E-state index contributed by atoms with van der Waals surface area (Å²) in [5.41, 5.74) is 1.30. The van der Waals surface area contributed by atoms with Gasteiger partial charge in [-0.15, -0.1) is 0 Å². The summed E-state index contributed by atoms with van der Waals surface area (Å²) >= 11 is 0. The average Bonchev–Trinajstić information content (AvgIpc) is 2.54. The van der Waals surface area contributed by atoms with E-state index in [1.807, 2.05) is 0 Å². The predicted octanol–water partition coefficient (Wildman–Crippen LogP) is 3.55. The fourth-order valence-electron chi connectivity index (χ4n) is 1.81. The van der Waals surface area contributed by atoms with Crippen molar-refractivity contribution in [2.24, 2.45) is 5.10 Å². The molecule has 2 rings (SSSR count). The Morgan fingerprint density at radius 3 is 2.56 bits per heavy atom. The van der Waals surface area contributed by atoms with Crippen LogP contribution in [-0.4, -0.2) is 18.7 Å². The Balaban J connectivity index is 1.88. The highest BCUT2D eigenvalue weighted by atomic mass is 19.4. The van der Waals surface area contributed by atoms with E-state index in [0.717, 1.165) is 30.5 Å². The van der Waals surface area contributed by atoms with E-state index < -0.39 is 29.3 Å². The van der Waals surface area contributed by atoms with Crippen LogP contribution in [0.3, 0.4) is 0 Å². The third kappa shape index (κ3) is 5.55. The van der Waals surface area contributed by atoms with Crippen molar-refractivity contribution in [2.75, 3.05) is 11.9 Å². The number of alkyl halides is 3. The Bertz CT molecular complexity index is 790. The summed E-state index contributed by atoms with van der Waals surface area (Å²) in [4.78, 5) is 11.6. The van der Waals surface area contributed by atoms with Crippen LogP contribution in [0.2, 0.25) is 0 Å². The number of nitrogens with zero attached hydrogens (tertiary/aromatic N) is 1. The second kappa shape index (κ2) is 7.73. The minimum atomic E-state index is -4.48. The van der Waals surface area contributed by atoms with Crippen molar-refractivity contribution in [3.63, 3.8) is 0 Å². The van der Waals surface area contributed by atoms with E-state index in [4.69, 9.17) is 0 Å². The highest BCUT2D eigenvalue weighted by molar-refractivity contribution is 5.84. The maximum Gasteiger partial charge on any atom is 0.416 e. The molecule has 0 aromatic heterocycles. The summed E-state index contributed by atoms with van der Waals surface area (Å²) in [6.07, 6.45) is -3.50. The molecule has 2 aromatic carbocycles. The first-order valence-electron chi connectivity index (χ1n) is 6.94. The van der Waals surface area contributed by atoms with Gasteiger partial charge < -0.3 is 5.32 Å². The fourth-order valence-corrected chi connectivity index (χ4v) is 1.81. The second-order valence-electron chi connectivity index (χ2n) is 4.89. The van der Waals surface area contributed by atoms with Crippen LogP contribution in [0.5, 0.6) is 0 Å². The smallest absolute Gasteiger partial charge is 0.376 e. The Kier molecular flexibility index (Phi) is 5.68. The predicted molar refractivity (Wildman–Crippen MR) is 82.0 cm³/mol. The zero-order valence-corrected chi connectivity index (χ0v) is 12.6. The molecule has 0 bridgehead atoms. The molecule has 0 heterocycles. The Morgan fingerprint density at radius 2 is 1.88 bits per heavy atom. The van der Waals surface area contributed by atoms with Crippen molar-refractivity contribution in [2.45, 2.75) is 6.18 Å². The van der Waals surface area contributed by atoms with Gasteiger partial charge in [-0.25, -0.2) is 14.2 Å². The van der Waals surface area contributed by atoms with Crippen LogP contribution in [0.4, 0.5) is 27.6 Å². The summed E-state index contributed by atoms with van der Waals surface area (Å²) in [5.74, 6) is -2.25. The quantitative estimate of drug-likeness (QED) is 0.489. The van der Waals surface area contributed by atoms with Gasteiger partial charge in [0.1, 0.15) is 11.6 Å². The summed E-state index contributed by atoms with van der Waals surface area (Å²) in [5, 5.41) is 6.01. The maximum absolute atomic E-state index is 13.3. The molecule has 25 heavy (non-hydrogen) atoms. The van der Waals surface area contributed by atoms with Crippen molar-refractivity contribution in [3.8, 4) is 0 Å². The van der Waals surface area contributed by atoms with E-state index >= 15 is 0 Å². The van der Waals surface area contributed by atoms with Crippen molar-refractivity contribution in [1.82, 2.24) is 5.43 Å². The number of hydrogen-bond donors (Lipinski definition) is 2. The molecule has 0 radical (unpaired) electrons. The SMILES string of the molecule is O=C(CNc1cccc(C(F)(F)F)c1)N/N=C\c1ccc(F)cc1F. The molecule has 9 heteroatoms. The summed E-state index contributed by atoms with van der Waals surface area (Å²) < 4.78 is 63.8. The average molecular weight is 357 g/mol. The van der Waals surface area contributed by atoms with Crippen LogP contribution >= 0.6 is 0 Å². The van der Waals surface area contributed by atoms with Crippen molar-refractivity contribution < 1.29 is 26.7 Å². The van der Waals surface area contributed by atoms with Gasteiger partial charge in [-0.1, -0.05) is 6.07 Å². The molecule has 132 valence electrons. The number of amides is 1. The molecule has 0 unspecified atom stereocenters. The number of nitrogens with one attached hydrogen (secondary N) is 2. The van der Waals surface area contributed by atoms with E-state index in [0.29, 0.717) is 6.07 Å². The number of carbonyl (C=O) groups is 1. The minimum absolute atomic E-state index is 0.0347. The van der Waals surface area contributed by atoms with Crippen molar-refractivity contribution in [3.05, 3.63) is 65.2 Å². The van der Waals surface area contributed by atoms with Crippen LogP contribution in [0.25, 0.3) is 0 Å². The normalized spacial score (nSPS) is 11.6. The Labute approximate surface area is 139 Å². The van der Waals surface area contributed by atoms with Gasteiger partial charge in [-0.2, -0.15) is 18.3 Å². The van der Waals surface area contributed by atoms with Gasteiger partial charge in [0.25, 0.3) is 5.91 Å². The number of hydrazone groups is 1. The fraction of sp³-hybridized carbons (Fsp3) is 0.125. The van der Waals surface area contributed by atoms with Crippen molar-refractivity contribution in [1.29, 1.82) is 0 Å². The highest BCUT2D eigenvalue weighted by Gasteiger charge is 2.30. The van der Waals surface area contributed by atoms with Crippen LogP contribution in [0.15, 0.2) is 47.6 Å². The van der Waals surface area contributed by atoms with Crippen LogP contribution in [0.1, 0.15) is 11.1 Å². The van der Waals surface area contributed by atoms with Gasteiger partial charge in [0, 0.05) is 17.3 Å². The summed E-state index contributed by atoms with van der Waals surface area (Å²) in [6.45, 7) is -0.343. The topological polar surface area (TPSA) is 53.5 Å². The maximum atomic E-state index is 13.3. The van der Waals surface area contributed by atoms with Crippen LogP contribution in [0, 0.1) is 11.6 Å². The molecule has 0 aliphatic heterocycles. The molecule has 2 aromatic rings. The first kappa shape index (κ1) is 18.4. The van der Waals surface area contributed by atoms with Crippen molar-refractivity contribution >= 4 is 17.8 Å². The minimum Gasteiger partial charge on any atom is -0.376 e. The number of rotatable bonds is 5. The molecule has 0 saturated carbocycles. The van der Waals surface area contributed by atoms with Crippen LogP contribution < -0.4 is 10.7 Å². The molecule has 0 aliphatic carbocycles. The number of anilines is 1. The number of halogens is 5. The summed E-state index contributed by atoms with van der Waals surface area (Å²) in [7, 11) is 0. The molecule has 1 amide bonds. The van der Waals surface area contributed by atoms with E-state index in [1.54, 1.807) is 0 Å². The van der Waals surface area contributed by atoms with E-state index in [-0.39, 0.29) is 17.8 Å². The Morgan fingerprint density at radius 1 is 1.12 bits per heavy atom. The van der Waals surface area contributed by atoms with Gasteiger partial charge >= 0.3 is 6.18 Å². The third-order valence-corrected chi connectivity index (χ3v) is 3.00. The number of benzene rings is 2. The Hall–Kier alpha value is -2.97. The van der Waals surface area contributed by atoms with E-state index in [1.165, 1.54) is 12.1 Å². The summed E-state index contributed by atoms with van der Waals surface area (Å²) in [6, 6.07) is 7.19. The van der Waals surface area contributed by atoms with E-state index in [9.17, 15) is 26.7 Å².